The van der Waals surface area contributed by atoms with Crippen molar-refractivity contribution in [1.82, 2.24) is 15.1 Å². The van der Waals surface area contributed by atoms with Gasteiger partial charge in [0.2, 0.25) is 5.91 Å². The zero-order valence-corrected chi connectivity index (χ0v) is 12.5. The minimum atomic E-state index is 0.0655. The van der Waals surface area contributed by atoms with E-state index in [-0.39, 0.29) is 11.8 Å². The van der Waals surface area contributed by atoms with E-state index in [4.69, 9.17) is 4.74 Å². The van der Waals surface area contributed by atoms with Gasteiger partial charge in [0.05, 0.1) is 18.2 Å². The molecule has 0 aromatic carbocycles. The van der Waals surface area contributed by atoms with Crippen molar-refractivity contribution in [1.29, 1.82) is 0 Å². The van der Waals surface area contributed by atoms with Gasteiger partial charge in [-0.15, -0.1) is 5.10 Å². The lowest BCUT2D eigenvalue weighted by Crippen LogP contribution is -2.39. The highest BCUT2D eigenvalue weighted by molar-refractivity contribution is 5.79. The number of hydrogen-bond donors (Lipinski definition) is 0. The molecule has 6 nitrogen and oxygen atoms in total. The van der Waals surface area contributed by atoms with E-state index >= 15 is 0 Å². The number of anilines is 1. The highest BCUT2D eigenvalue weighted by Gasteiger charge is 2.29. The van der Waals surface area contributed by atoms with Gasteiger partial charge in [0.25, 0.3) is 0 Å². The Morgan fingerprint density at radius 1 is 1.24 bits per heavy atom. The summed E-state index contributed by atoms with van der Waals surface area (Å²) in [6.45, 7) is 6.55. The Morgan fingerprint density at radius 2 is 2.14 bits per heavy atom. The van der Waals surface area contributed by atoms with Crippen LogP contribution in [-0.2, 0) is 9.53 Å². The van der Waals surface area contributed by atoms with E-state index in [9.17, 15) is 4.79 Å². The summed E-state index contributed by atoms with van der Waals surface area (Å²) in [5.74, 6) is 1.22. The minimum Gasteiger partial charge on any atom is -0.381 e. The van der Waals surface area contributed by atoms with E-state index in [0.29, 0.717) is 6.61 Å². The van der Waals surface area contributed by atoms with Gasteiger partial charge in [-0.2, -0.15) is 5.10 Å². The highest BCUT2D eigenvalue weighted by Crippen LogP contribution is 2.18. The van der Waals surface area contributed by atoms with Gasteiger partial charge < -0.3 is 14.5 Å². The van der Waals surface area contributed by atoms with Gasteiger partial charge in [0.15, 0.2) is 5.82 Å². The molecule has 2 aliphatic heterocycles. The molecule has 0 spiro atoms. The van der Waals surface area contributed by atoms with Crippen LogP contribution in [0.4, 0.5) is 5.82 Å². The Kier molecular flexibility index (Phi) is 4.34. The third-order valence-electron chi connectivity index (χ3n) is 4.19. The first-order chi connectivity index (χ1) is 10.2. The molecule has 114 valence electrons. The number of nitrogens with zero attached hydrogens (tertiary/aromatic N) is 4. The summed E-state index contributed by atoms with van der Waals surface area (Å²) in [5.41, 5.74) is 0.923. The topological polar surface area (TPSA) is 58.6 Å². The second kappa shape index (κ2) is 6.39. The Bertz CT molecular complexity index is 485. The van der Waals surface area contributed by atoms with E-state index < -0.39 is 0 Å². The van der Waals surface area contributed by atoms with E-state index in [1.807, 2.05) is 24.0 Å². The zero-order valence-electron chi connectivity index (χ0n) is 12.5. The molecular weight excluding hydrogens is 268 g/mol. The molecule has 2 aliphatic rings. The second-order valence-corrected chi connectivity index (χ2v) is 5.76. The molecule has 1 amide bonds. The molecule has 0 saturated carbocycles. The normalized spacial score (nSPS) is 23.2. The average Bonchev–Trinajstić information content (AvgIpc) is 2.92. The minimum absolute atomic E-state index is 0.0655. The fourth-order valence-corrected chi connectivity index (χ4v) is 2.91. The molecule has 0 bridgehead atoms. The van der Waals surface area contributed by atoms with E-state index in [0.717, 1.165) is 57.1 Å². The molecule has 0 N–H and O–H groups in total. The van der Waals surface area contributed by atoms with Crippen molar-refractivity contribution < 1.29 is 9.53 Å². The first-order valence-electron chi connectivity index (χ1n) is 7.66. The van der Waals surface area contributed by atoms with Crippen molar-refractivity contribution in [3.05, 3.63) is 17.8 Å². The van der Waals surface area contributed by atoms with Gasteiger partial charge in [-0.1, -0.05) is 0 Å². The Hall–Kier alpha value is -1.69. The van der Waals surface area contributed by atoms with Crippen molar-refractivity contribution >= 4 is 11.7 Å². The second-order valence-electron chi connectivity index (χ2n) is 5.76. The molecule has 3 rings (SSSR count). The molecule has 0 radical (unpaired) electrons. The number of hydrogen-bond acceptors (Lipinski definition) is 5. The predicted molar refractivity (Wildman–Crippen MR) is 79.1 cm³/mol. The molecule has 21 heavy (non-hydrogen) atoms. The van der Waals surface area contributed by atoms with Crippen molar-refractivity contribution in [3.8, 4) is 0 Å². The summed E-state index contributed by atoms with van der Waals surface area (Å²) in [4.78, 5) is 16.6. The largest absolute Gasteiger partial charge is 0.381 e. The van der Waals surface area contributed by atoms with Crippen molar-refractivity contribution in [2.75, 3.05) is 44.3 Å². The number of aryl methyl sites for hydroxylation is 1. The van der Waals surface area contributed by atoms with Crippen LogP contribution in [0.3, 0.4) is 0 Å². The van der Waals surface area contributed by atoms with Crippen LogP contribution in [0.15, 0.2) is 12.1 Å². The first kappa shape index (κ1) is 14.3. The van der Waals surface area contributed by atoms with Gasteiger partial charge in [-0.3, -0.25) is 4.79 Å². The molecule has 1 atom stereocenters. The summed E-state index contributed by atoms with van der Waals surface area (Å²) in [6, 6.07) is 3.98. The summed E-state index contributed by atoms with van der Waals surface area (Å²) in [7, 11) is 0. The van der Waals surface area contributed by atoms with Crippen molar-refractivity contribution in [2.24, 2.45) is 5.92 Å². The summed E-state index contributed by atoms with van der Waals surface area (Å²) in [6.07, 6.45) is 1.83. The lowest BCUT2D eigenvalue weighted by atomic mass is 10.1. The quantitative estimate of drug-likeness (QED) is 0.808. The fraction of sp³-hybridized carbons (Fsp3) is 0.667. The van der Waals surface area contributed by atoms with Crippen LogP contribution < -0.4 is 4.90 Å². The van der Waals surface area contributed by atoms with Gasteiger partial charge in [0.1, 0.15) is 0 Å². The maximum Gasteiger partial charge on any atom is 0.228 e. The van der Waals surface area contributed by atoms with Gasteiger partial charge in [0, 0.05) is 32.8 Å². The lowest BCUT2D eigenvalue weighted by molar-refractivity contribution is -0.135. The lowest BCUT2D eigenvalue weighted by Gasteiger charge is -2.24. The summed E-state index contributed by atoms with van der Waals surface area (Å²) < 4.78 is 5.33. The smallest absolute Gasteiger partial charge is 0.228 e. The van der Waals surface area contributed by atoms with Gasteiger partial charge in [-0.25, -0.2) is 0 Å². The Morgan fingerprint density at radius 3 is 2.86 bits per heavy atom. The maximum absolute atomic E-state index is 12.4. The van der Waals surface area contributed by atoms with Crippen LogP contribution in [0.5, 0.6) is 0 Å². The van der Waals surface area contributed by atoms with E-state index in [1.54, 1.807) is 0 Å². The Balaban J connectivity index is 1.61. The van der Waals surface area contributed by atoms with Gasteiger partial charge >= 0.3 is 0 Å². The van der Waals surface area contributed by atoms with Crippen molar-refractivity contribution in [2.45, 2.75) is 19.8 Å². The molecular formula is C15H22N4O2. The number of carbonyl (C=O) groups is 1. The number of aromatic nitrogens is 2. The number of rotatable bonds is 2. The molecule has 3 heterocycles. The number of ether oxygens (including phenoxy) is 1. The van der Waals surface area contributed by atoms with E-state index in [1.165, 1.54) is 0 Å². The monoisotopic (exact) mass is 290 g/mol. The average molecular weight is 290 g/mol. The van der Waals surface area contributed by atoms with Crippen LogP contribution in [0, 0.1) is 12.8 Å². The fourth-order valence-electron chi connectivity index (χ4n) is 2.91. The first-order valence-corrected chi connectivity index (χ1v) is 7.66. The van der Waals surface area contributed by atoms with Crippen LogP contribution in [0.1, 0.15) is 18.5 Å². The Labute approximate surface area is 125 Å². The SMILES string of the molecule is Cc1ccc(N2CCCN(C(=O)[C@H]3CCOC3)CC2)nn1. The van der Waals surface area contributed by atoms with E-state index in [2.05, 4.69) is 15.1 Å². The standard InChI is InChI=1S/C15H22N4O2/c1-12-3-4-14(17-16-12)18-6-2-7-19(9-8-18)15(20)13-5-10-21-11-13/h3-4,13H,2,5-11H2,1H3/t13-/m0/s1. The molecule has 2 saturated heterocycles. The number of carbonyl (C=O) groups excluding carboxylic acids is 1. The summed E-state index contributed by atoms with van der Waals surface area (Å²) >= 11 is 0. The molecule has 2 fully saturated rings. The molecule has 0 unspecified atom stereocenters. The van der Waals surface area contributed by atoms with Crippen molar-refractivity contribution in [3.63, 3.8) is 0 Å². The summed E-state index contributed by atoms with van der Waals surface area (Å²) in [5, 5.41) is 8.36. The molecule has 1 aromatic rings. The third kappa shape index (κ3) is 3.32. The highest BCUT2D eigenvalue weighted by atomic mass is 16.5. The number of amides is 1. The van der Waals surface area contributed by atoms with Crippen LogP contribution in [-0.4, -0.2) is 60.4 Å². The van der Waals surface area contributed by atoms with Crippen LogP contribution in [0.2, 0.25) is 0 Å². The van der Waals surface area contributed by atoms with Crippen LogP contribution in [0.25, 0.3) is 0 Å². The molecule has 6 heteroatoms. The van der Waals surface area contributed by atoms with Crippen LogP contribution >= 0.6 is 0 Å². The van der Waals surface area contributed by atoms with Gasteiger partial charge in [-0.05, 0) is 31.9 Å². The zero-order chi connectivity index (χ0) is 14.7. The maximum atomic E-state index is 12.4. The molecule has 0 aliphatic carbocycles. The third-order valence-corrected chi connectivity index (χ3v) is 4.19. The molecule has 1 aromatic heterocycles. The predicted octanol–water partition coefficient (Wildman–Crippen LogP) is 0.860.